The van der Waals surface area contributed by atoms with Crippen LogP contribution in [0.25, 0.3) is 0 Å². The molecule has 0 spiro atoms. The fraction of sp³-hybridized carbons (Fsp3) is 0.611. The zero-order chi connectivity index (χ0) is 20.3. The molecule has 0 aliphatic rings. The SMILES string of the molecule is COc1cc(C(C)NN)c([N+](=O)[O-])cc1OC(C)(C)CC(C)(C)C(C)=O. The number of ketones is 1. The van der Waals surface area contributed by atoms with E-state index in [1.165, 1.54) is 20.1 Å². The van der Waals surface area contributed by atoms with Gasteiger partial charge in [0.1, 0.15) is 11.4 Å². The third-order valence-electron chi connectivity index (χ3n) is 4.43. The van der Waals surface area contributed by atoms with Gasteiger partial charge >= 0.3 is 0 Å². The van der Waals surface area contributed by atoms with E-state index in [0.29, 0.717) is 17.7 Å². The molecule has 146 valence electrons. The highest BCUT2D eigenvalue weighted by Gasteiger charge is 2.35. The summed E-state index contributed by atoms with van der Waals surface area (Å²) in [7, 11) is 1.46. The topological polar surface area (TPSA) is 117 Å². The van der Waals surface area contributed by atoms with E-state index in [-0.39, 0.29) is 17.2 Å². The highest BCUT2D eigenvalue weighted by Crippen LogP contribution is 2.40. The number of ether oxygens (including phenoxy) is 2. The van der Waals surface area contributed by atoms with Crippen LogP contribution in [0.5, 0.6) is 11.5 Å². The van der Waals surface area contributed by atoms with Gasteiger partial charge in [-0.15, -0.1) is 0 Å². The van der Waals surface area contributed by atoms with Crippen LogP contribution >= 0.6 is 0 Å². The molecule has 0 aliphatic heterocycles. The largest absolute Gasteiger partial charge is 0.493 e. The van der Waals surface area contributed by atoms with Gasteiger partial charge < -0.3 is 9.47 Å². The smallest absolute Gasteiger partial charge is 0.278 e. The summed E-state index contributed by atoms with van der Waals surface area (Å²) in [5.74, 6) is 6.08. The van der Waals surface area contributed by atoms with Crippen molar-refractivity contribution in [3.05, 3.63) is 27.8 Å². The van der Waals surface area contributed by atoms with Crippen molar-refractivity contribution in [1.29, 1.82) is 0 Å². The molecule has 1 aromatic rings. The second kappa shape index (κ2) is 8.01. The predicted molar refractivity (Wildman–Crippen MR) is 99.2 cm³/mol. The van der Waals surface area contributed by atoms with Crippen molar-refractivity contribution in [1.82, 2.24) is 5.43 Å². The van der Waals surface area contributed by atoms with E-state index in [1.807, 2.05) is 27.7 Å². The Balaban J connectivity index is 3.33. The number of nitrogens with zero attached hydrogens (tertiary/aromatic N) is 1. The number of methoxy groups -OCH3 is 1. The van der Waals surface area contributed by atoms with Gasteiger partial charge in [0, 0.05) is 5.41 Å². The molecule has 0 bridgehead atoms. The van der Waals surface area contributed by atoms with E-state index in [4.69, 9.17) is 15.3 Å². The minimum absolute atomic E-state index is 0.0466. The molecule has 1 aromatic carbocycles. The van der Waals surface area contributed by atoms with Crippen LogP contribution in [0.15, 0.2) is 12.1 Å². The number of benzene rings is 1. The zero-order valence-corrected chi connectivity index (χ0v) is 16.5. The van der Waals surface area contributed by atoms with Crippen LogP contribution in [0.1, 0.15) is 59.6 Å². The number of nitro benzene ring substituents is 1. The Kier molecular flexibility index (Phi) is 6.73. The Morgan fingerprint density at radius 3 is 2.31 bits per heavy atom. The minimum Gasteiger partial charge on any atom is -0.493 e. The molecule has 3 N–H and O–H groups in total. The molecule has 0 heterocycles. The lowest BCUT2D eigenvalue weighted by Gasteiger charge is -2.34. The molecule has 0 fully saturated rings. The Labute approximate surface area is 154 Å². The monoisotopic (exact) mass is 367 g/mol. The number of nitro groups is 1. The summed E-state index contributed by atoms with van der Waals surface area (Å²) in [6.07, 6.45) is 0.439. The number of carbonyl (C=O) groups is 1. The van der Waals surface area contributed by atoms with Crippen molar-refractivity contribution in [2.24, 2.45) is 11.3 Å². The molecular formula is C18H29N3O5. The Hall–Kier alpha value is -2.19. The van der Waals surface area contributed by atoms with E-state index in [1.54, 1.807) is 13.0 Å². The van der Waals surface area contributed by atoms with Crippen molar-refractivity contribution >= 4 is 11.5 Å². The van der Waals surface area contributed by atoms with Gasteiger partial charge in [0.25, 0.3) is 5.69 Å². The Morgan fingerprint density at radius 2 is 1.88 bits per heavy atom. The molecular weight excluding hydrogens is 338 g/mol. The quantitative estimate of drug-likeness (QED) is 0.391. The second-order valence-corrected chi connectivity index (χ2v) is 7.69. The number of hydrogen-bond donors (Lipinski definition) is 2. The van der Waals surface area contributed by atoms with Gasteiger partial charge in [-0.3, -0.25) is 26.2 Å². The molecule has 1 rings (SSSR count). The molecule has 1 atom stereocenters. The highest BCUT2D eigenvalue weighted by atomic mass is 16.6. The van der Waals surface area contributed by atoms with Crippen molar-refractivity contribution in [3.8, 4) is 11.5 Å². The van der Waals surface area contributed by atoms with Gasteiger partial charge in [-0.1, -0.05) is 13.8 Å². The van der Waals surface area contributed by atoms with Crippen molar-refractivity contribution in [2.45, 2.75) is 59.6 Å². The van der Waals surface area contributed by atoms with Gasteiger partial charge in [0.15, 0.2) is 11.5 Å². The molecule has 0 saturated carbocycles. The number of nitrogens with two attached hydrogens (primary N) is 1. The van der Waals surface area contributed by atoms with Crippen LogP contribution in [0.3, 0.4) is 0 Å². The summed E-state index contributed by atoms with van der Waals surface area (Å²) in [5, 5.41) is 11.5. The fourth-order valence-corrected chi connectivity index (χ4v) is 2.92. The molecule has 8 nitrogen and oxygen atoms in total. The molecule has 1 unspecified atom stereocenters. The van der Waals surface area contributed by atoms with Gasteiger partial charge in [0.2, 0.25) is 0 Å². The van der Waals surface area contributed by atoms with Crippen LogP contribution in [0, 0.1) is 15.5 Å². The van der Waals surface area contributed by atoms with Crippen molar-refractivity contribution < 1.29 is 19.2 Å². The molecule has 0 radical (unpaired) electrons. The first-order chi connectivity index (χ1) is 11.8. The summed E-state index contributed by atoms with van der Waals surface area (Å²) in [6.45, 7) is 10.6. The summed E-state index contributed by atoms with van der Waals surface area (Å²) in [4.78, 5) is 22.8. The Morgan fingerprint density at radius 1 is 1.31 bits per heavy atom. The van der Waals surface area contributed by atoms with Gasteiger partial charge in [0.05, 0.1) is 29.7 Å². The van der Waals surface area contributed by atoms with E-state index in [2.05, 4.69) is 5.43 Å². The lowest BCUT2D eigenvalue weighted by atomic mass is 9.79. The maximum Gasteiger partial charge on any atom is 0.278 e. The number of Topliss-reactive ketones (excluding diaryl/α,β-unsaturated/α-hetero) is 1. The average molecular weight is 367 g/mol. The third-order valence-corrected chi connectivity index (χ3v) is 4.43. The van der Waals surface area contributed by atoms with E-state index >= 15 is 0 Å². The average Bonchev–Trinajstić information content (AvgIpc) is 2.51. The first kappa shape index (κ1) is 21.9. The normalized spacial score (nSPS) is 13.2. The fourth-order valence-electron chi connectivity index (χ4n) is 2.92. The first-order valence-electron chi connectivity index (χ1n) is 8.37. The number of hydrogen-bond acceptors (Lipinski definition) is 7. The number of hydrazine groups is 1. The van der Waals surface area contributed by atoms with Crippen molar-refractivity contribution in [3.63, 3.8) is 0 Å². The summed E-state index contributed by atoms with van der Waals surface area (Å²) < 4.78 is 11.4. The molecule has 26 heavy (non-hydrogen) atoms. The summed E-state index contributed by atoms with van der Waals surface area (Å²) >= 11 is 0. The summed E-state index contributed by atoms with van der Waals surface area (Å²) in [5.41, 5.74) is 1.45. The molecule has 0 saturated heterocycles. The molecule has 0 aliphatic carbocycles. The van der Waals surface area contributed by atoms with Gasteiger partial charge in [-0.25, -0.2) is 0 Å². The van der Waals surface area contributed by atoms with Crippen LogP contribution in [0.4, 0.5) is 5.69 Å². The zero-order valence-electron chi connectivity index (χ0n) is 16.5. The number of carbonyl (C=O) groups excluding carboxylic acids is 1. The standard InChI is InChI=1S/C18H29N3O5/c1-11(20-19)13-8-15(25-7)16(9-14(13)21(23)24)26-18(5,6)10-17(3,4)12(2)22/h8-9,11,20H,10,19H2,1-7H3. The second-order valence-electron chi connectivity index (χ2n) is 7.69. The van der Waals surface area contributed by atoms with E-state index in [0.717, 1.165) is 0 Å². The lowest BCUT2D eigenvalue weighted by Crippen LogP contribution is -2.37. The third kappa shape index (κ3) is 5.15. The van der Waals surface area contributed by atoms with Crippen LogP contribution < -0.4 is 20.7 Å². The van der Waals surface area contributed by atoms with E-state index in [9.17, 15) is 14.9 Å². The molecule has 0 amide bonds. The van der Waals surface area contributed by atoms with Gasteiger partial charge in [-0.05, 0) is 40.2 Å². The molecule has 8 heteroatoms. The van der Waals surface area contributed by atoms with Crippen LogP contribution in [-0.2, 0) is 4.79 Å². The van der Waals surface area contributed by atoms with Crippen LogP contribution in [0.2, 0.25) is 0 Å². The maximum absolute atomic E-state index is 11.8. The van der Waals surface area contributed by atoms with Gasteiger partial charge in [-0.2, -0.15) is 0 Å². The van der Waals surface area contributed by atoms with Crippen molar-refractivity contribution in [2.75, 3.05) is 7.11 Å². The lowest BCUT2D eigenvalue weighted by molar-refractivity contribution is -0.385. The predicted octanol–water partition coefficient (Wildman–Crippen LogP) is 3.29. The maximum atomic E-state index is 11.8. The summed E-state index contributed by atoms with van der Waals surface area (Å²) in [6, 6.07) is 2.44. The van der Waals surface area contributed by atoms with Crippen LogP contribution in [-0.4, -0.2) is 23.4 Å². The number of rotatable bonds is 9. The minimum atomic E-state index is -0.741. The number of nitrogens with one attached hydrogen (secondary N) is 1. The first-order valence-corrected chi connectivity index (χ1v) is 8.37. The Bertz CT molecular complexity index is 686. The molecule has 0 aromatic heterocycles. The highest BCUT2D eigenvalue weighted by molar-refractivity contribution is 5.81. The van der Waals surface area contributed by atoms with E-state index < -0.39 is 22.0 Å².